The number of carbonyl (C=O) groups is 1. The molecule has 0 unspecified atom stereocenters. The smallest absolute Gasteiger partial charge is 0.261 e. The molecular weight excluding hydrogens is 336 g/mol. The van der Waals surface area contributed by atoms with Gasteiger partial charge in [0.25, 0.3) is 5.91 Å². The normalized spacial score (nSPS) is 15.5. The Morgan fingerprint density at radius 3 is 2.59 bits per heavy atom. The van der Waals surface area contributed by atoms with E-state index in [0.29, 0.717) is 13.0 Å². The zero-order chi connectivity index (χ0) is 19.1. The average Bonchev–Trinajstić information content (AvgIpc) is 3.17. The van der Waals surface area contributed by atoms with Crippen molar-refractivity contribution in [2.24, 2.45) is 0 Å². The van der Waals surface area contributed by atoms with Crippen LogP contribution in [0.4, 0.5) is 0 Å². The molecule has 1 N–H and O–H groups in total. The number of carbonyl (C=O) groups excluding carboxylic acids is 1. The summed E-state index contributed by atoms with van der Waals surface area (Å²) in [6.07, 6.45) is 2.76. The van der Waals surface area contributed by atoms with Crippen molar-refractivity contribution < 1.29 is 9.53 Å². The predicted octanol–water partition coefficient (Wildman–Crippen LogP) is 4.06. The van der Waals surface area contributed by atoms with Crippen LogP contribution in [0.2, 0.25) is 0 Å². The number of ether oxygens (including phenoxy) is 1. The molecule has 1 saturated heterocycles. The van der Waals surface area contributed by atoms with Crippen molar-refractivity contribution in [3.63, 3.8) is 0 Å². The molecule has 2 aromatic rings. The minimum Gasteiger partial charge on any atom is -0.481 e. The highest BCUT2D eigenvalue weighted by Crippen LogP contribution is 2.16. The average molecular weight is 367 g/mol. The quantitative estimate of drug-likeness (QED) is 0.766. The maximum atomic E-state index is 12.6. The van der Waals surface area contributed by atoms with Gasteiger partial charge in [-0.25, -0.2) is 0 Å². The number of amides is 1. The van der Waals surface area contributed by atoms with E-state index in [4.69, 9.17) is 4.74 Å². The Bertz CT molecular complexity index is 754. The summed E-state index contributed by atoms with van der Waals surface area (Å²) in [7, 11) is 0. The van der Waals surface area contributed by atoms with E-state index in [2.05, 4.69) is 34.5 Å². The van der Waals surface area contributed by atoms with Crippen LogP contribution in [0.15, 0.2) is 48.5 Å². The fourth-order valence-electron chi connectivity index (χ4n) is 3.52. The molecule has 27 heavy (non-hydrogen) atoms. The SMILES string of the molecule is CC[C@H](Oc1cccc(C)c1)C(=O)NCc1cccc(CN2CCCC2)c1. The third-order valence-corrected chi connectivity index (χ3v) is 4.99. The van der Waals surface area contributed by atoms with Gasteiger partial charge in [-0.3, -0.25) is 9.69 Å². The van der Waals surface area contributed by atoms with Crippen LogP contribution in [-0.2, 0) is 17.9 Å². The molecule has 144 valence electrons. The first-order valence-corrected chi connectivity index (χ1v) is 9.95. The molecule has 0 radical (unpaired) electrons. The van der Waals surface area contributed by atoms with E-state index in [1.807, 2.05) is 38.1 Å². The van der Waals surface area contributed by atoms with Crippen LogP contribution < -0.4 is 10.1 Å². The predicted molar refractivity (Wildman–Crippen MR) is 109 cm³/mol. The van der Waals surface area contributed by atoms with Gasteiger partial charge in [-0.05, 0) is 68.1 Å². The van der Waals surface area contributed by atoms with Gasteiger partial charge in [0.15, 0.2) is 6.10 Å². The van der Waals surface area contributed by atoms with E-state index in [0.717, 1.165) is 23.4 Å². The van der Waals surface area contributed by atoms with Crippen LogP contribution in [0.3, 0.4) is 0 Å². The van der Waals surface area contributed by atoms with E-state index < -0.39 is 6.10 Å². The van der Waals surface area contributed by atoms with Crippen LogP contribution >= 0.6 is 0 Å². The highest BCUT2D eigenvalue weighted by Gasteiger charge is 2.18. The minimum absolute atomic E-state index is 0.0658. The Kier molecular flexibility index (Phi) is 6.88. The Balaban J connectivity index is 1.54. The Morgan fingerprint density at radius 2 is 1.85 bits per heavy atom. The Hall–Kier alpha value is -2.33. The second-order valence-electron chi connectivity index (χ2n) is 7.35. The van der Waals surface area contributed by atoms with E-state index in [1.54, 1.807) is 0 Å². The number of benzene rings is 2. The van der Waals surface area contributed by atoms with Gasteiger partial charge in [0, 0.05) is 13.1 Å². The standard InChI is InChI=1S/C23H30N2O2/c1-3-22(27-21-11-6-8-18(2)14-21)23(26)24-16-19-9-7-10-20(15-19)17-25-12-4-5-13-25/h6-11,14-15,22H,3-5,12-13,16-17H2,1-2H3,(H,24,26)/t22-/m0/s1. The first-order chi connectivity index (χ1) is 13.1. The summed E-state index contributed by atoms with van der Waals surface area (Å²) >= 11 is 0. The molecule has 4 heteroatoms. The van der Waals surface area contributed by atoms with Gasteiger partial charge in [-0.2, -0.15) is 0 Å². The van der Waals surface area contributed by atoms with Gasteiger partial charge >= 0.3 is 0 Å². The monoisotopic (exact) mass is 366 g/mol. The van der Waals surface area contributed by atoms with Crippen LogP contribution in [0.1, 0.15) is 42.9 Å². The van der Waals surface area contributed by atoms with Gasteiger partial charge in [0.05, 0.1) is 0 Å². The van der Waals surface area contributed by atoms with Crippen molar-refractivity contribution >= 4 is 5.91 Å². The number of likely N-dealkylation sites (tertiary alicyclic amines) is 1. The van der Waals surface area contributed by atoms with Crippen LogP contribution in [0, 0.1) is 6.92 Å². The van der Waals surface area contributed by atoms with Gasteiger partial charge in [0.1, 0.15) is 5.75 Å². The fraction of sp³-hybridized carbons (Fsp3) is 0.435. The molecule has 3 rings (SSSR count). The Morgan fingerprint density at radius 1 is 1.11 bits per heavy atom. The largest absolute Gasteiger partial charge is 0.481 e. The molecule has 1 amide bonds. The summed E-state index contributed by atoms with van der Waals surface area (Å²) in [5, 5.41) is 3.03. The maximum absolute atomic E-state index is 12.6. The number of nitrogens with one attached hydrogen (secondary N) is 1. The number of aryl methyl sites for hydroxylation is 1. The van der Waals surface area contributed by atoms with Crippen molar-refractivity contribution in [2.75, 3.05) is 13.1 Å². The molecular formula is C23H30N2O2. The third kappa shape index (κ3) is 5.83. The topological polar surface area (TPSA) is 41.6 Å². The molecule has 1 aliphatic rings. The lowest BCUT2D eigenvalue weighted by Gasteiger charge is -2.18. The number of hydrogen-bond acceptors (Lipinski definition) is 3. The van der Waals surface area contributed by atoms with Crippen molar-refractivity contribution in [1.82, 2.24) is 10.2 Å². The third-order valence-electron chi connectivity index (χ3n) is 4.99. The van der Waals surface area contributed by atoms with Gasteiger partial charge in [-0.1, -0.05) is 43.3 Å². The lowest BCUT2D eigenvalue weighted by atomic mass is 10.1. The molecule has 4 nitrogen and oxygen atoms in total. The first-order valence-electron chi connectivity index (χ1n) is 9.95. The van der Waals surface area contributed by atoms with Crippen LogP contribution in [0.5, 0.6) is 5.75 Å². The number of hydrogen-bond donors (Lipinski definition) is 1. The molecule has 0 aliphatic carbocycles. The van der Waals surface area contributed by atoms with Gasteiger partial charge < -0.3 is 10.1 Å². The zero-order valence-electron chi connectivity index (χ0n) is 16.4. The molecule has 1 fully saturated rings. The molecule has 0 aromatic heterocycles. The highest BCUT2D eigenvalue weighted by molar-refractivity contribution is 5.81. The minimum atomic E-state index is -0.473. The van der Waals surface area contributed by atoms with E-state index >= 15 is 0 Å². The molecule has 0 spiro atoms. The summed E-state index contributed by atoms with van der Waals surface area (Å²) in [6, 6.07) is 16.3. The van der Waals surface area contributed by atoms with E-state index in [1.165, 1.54) is 31.5 Å². The van der Waals surface area contributed by atoms with Gasteiger partial charge in [-0.15, -0.1) is 0 Å². The van der Waals surface area contributed by atoms with E-state index in [9.17, 15) is 4.79 Å². The van der Waals surface area contributed by atoms with Crippen LogP contribution in [0.25, 0.3) is 0 Å². The lowest BCUT2D eigenvalue weighted by Crippen LogP contribution is -2.37. The van der Waals surface area contributed by atoms with Crippen molar-refractivity contribution in [3.8, 4) is 5.75 Å². The lowest BCUT2D eigenvalue weighted by molar-refractivity contribution is -0.128. The highest BCUT2D eigenvalue weighted by atomic mass is 16.5. The van der Waals surface area contributed by atoms with Crippen molar-refractivity contribution in [2.45, 2.75) is 52.3 Å². The molecule has 2 aromatic carbocycles. The molecule has 1 heterocycles. The number of nitrogens with zero attached hydrogens (tertiary/aromatic N) is 1. The maximum Gasteiger partial charge on any atom is 0.261 e. The van der Waals surface area contributed by atoms with E-state index in [-0.39, 0.29) is 5.91 Å². The molecule has 1 aliphatic heterocycles. The second-order valence-corrected chi connectivity index (χ2v) is 7.35. The van der Waals surface area contributed by atoms with Crippen LogP contribution in [-0.4, -0.2) is 30.0 Å². The molecule has 1 atom stereocenters. The zero-order valence-corrected chi connectivity index (χ0v) is 16.4. The summed E-state index contributed by atoms with van der Waals surface area (Å²) in [6.45, 7) is 7.89. The summed E-state index contributed by atoms with van der Waals surface area (Å²) < 4.78 is 5.89. The summed E-state index contributed by atoms with van der Waals surface area (Å²) in [5.74, 6) is 0.675. The first kappa shape index (κ1) is 19.4. The molecule has 0 saturated carbocycles. The van der Waals surface area contributed by atoms with Crippen molar-refractivity contribution in [1.29, 1.82) is 0 Å². The van der Waals surface area contributed by atoms with Gasteiger partial charge in [0.2, 0.25) is 0 Å². The Labute approximate surface area is 162 Å². The summed E-state index contributed by atoms with van der Waals surface area (Å²) in [5.41, 5.74) is 3.56. The molecule has 0 bridgehead atoms. The second kappa shape index (κ2) is 9.56. The number of rotatable bonds is 8. The van der Waals surface area contributed by atoms with Crippen molar-refractivity contribution in [3.05, 3.63) is 65.2 Å². The fourth-order valence-corrected chi connectivity index (χ4v) is 3.52. The summed E-state index contributed by atoms with van der Waals surface area (Å²) in [4.78, 5) is 15.0.